The molecule has 0 N–H and O–H groups in total. The molecule has 2 rings (SSSR count). The molecule has 74 valence electrons. The van der Waals surface area contributed by atoms with Gasteiger partial charge in [0, 0.05) is 0 Å². The van der Waals surface area contributed by atoms with Gasteiger partial charge in [0.25, 0.3) is 0 Å². The minimum atomic E-state index is 0.921. The van der Waals surface area contributed by atoms with Gasteiger partial charge in [-0.2, -0.15) is 0 Å². The van der Waals surface area contributed by atoms with Crippen LogP contribution in [0.3, 0.4) is 0 Å². The number of benzene rings is 2. The van der Waals surface area contributed by atoms with Crippen LogP contribution in [0, 0.1) is 0 Å². The zero-order valence-corrected chi connectivity index (χ0v) is 8.69. The fraction of sp³-hybridized carbons (Fsp3) is 0.0667. The first-order valence-corrected chi connectivity index (χ1v) is 5.13. The molecule has 0 saturated heterocycles. The second-order valence-electron chi connectivity index (χ2n) is 3.63. The molecule has 0 heteroatoms. The van der Waals surface area contributed by atoms with Gasteiger partial charge in [0.15, 0.2) is 0 Å². The van der Waals surface area contributed by atoms with Gasteiger partial charge >= 0.3 is 0 Å². The van der Waals surface area contributed by atoms with Crippen LogP contribution in [0.25, 0.3) is 5.57 Å². The molecule has 0 aliphatic carbocycles. The van der Waals surface area contributed by atoms with Crippen LogP contribution in [0.2, 0.25) is 0 Å². The fourth-order valence-electron chi connectivity index (χ4n) is 1.62. The van der Waals surface area contributed by atoms with Crippen LogP contribution < -0.4 is 0 Å². The van der Waals surface area contributed by atoms with Crippen LogP contribution in [0.15, 0.2) is 67.2 Å². The minimum absolute atomic E-state index is 0.921. The van der Waals surface area contributed by atoms with E-state index in [0.29, 0.717) is 0 Å². The molecule has 0 aliphatic heterocycles. The summed E-state index contributed by atoms with van der Waals surface area (Å²) in [4.78, 5) is 0. The molecule has 2 aromatic rings. The van der Waals surface area contributed by atoms with Gasteiger partial charge in [-0.25, -0.2) is 0 Å². The van der Waals surface area contributed by atoms with Crippen molar-refractivity contribution in [2.45, 2.75) is 6.42 Å². The highest BCUT2D eigenvalue weighted by molar-refractivity contribution is 5.65. The molecule has 0 spiro atoms. The van der Waals surface area contributed by atoms with Gasteiger partial charge in [0.1, 0.15) is 0 Å². The molecule has 0 heterocycles. The van der Waals surface area contributed by atoms with Crippen LogP contribution in [0.1, 0.15) is 11.1 Å². The summed E-state index contributed by atoms with van der Waals surface area (Å²) in [5.74, 6) is 0. The van der Waals surface area contributed by atoms with Crippen molar-refractivity contribution in [1.29, 1.82) is 0 Å². The smallest absolute Gasteiger partial charge is 0.00257 e. The summed E-state index contributed by atoms with van der Waals surface area (Å²) in [6.45, 7) is 4.12. The predicted molar refractivity (Wildman–Crippen MR) is 65.6 cm³/mol. The summed E-state index contributed by atoms with van der Waals surface area (Å²) in [6.07, 6.45) is 0.921. The molecule has 0 amide bonds. The molecule has 0 fully saturated rings. The molecule has 0 saturated carbocycles. The molecular formula is C15H14. The maximum absolute atomic E-state index is 4.12. The van der Waals surface area contributed by atoms with Gasteiger partial charge in [-0.1, -0.05) is 67.2 Å². The quantitative estimate of drug-likeness (QED) is 0.694. The van der Waals surface area contributed by atoms with Crippen LogP contribution in [0.4, 0.5) is 0 Å². The summed E-state index contributed by atoms with van der Waals surface area (Å²) in [5.41, 5.74) is 3.70. The summed E-state index contributed by atoms with van der Waals surface area (Å²) < 4.78 is 0. The van der Waals surface area contributed by atoms with Crippen LogP contribution >= 0.6 is 0 Å². The van der Waals surface area contributed by atoms with E-state index in [9.17, 15) is 0 Å². The van der Waals surface area contributed by atoms with E-state index in [1.54, 1.807) is 0 Å². The van der Waals surface area contributed by atoms with Crippen LogP contribution in [-0.2, 0) is 6.42 Å². The topological polar surface area (TPSA) is 0 Å². The first-order valence-electron chi connectivity index (χ1n) is 5.13. The van der Waals surface area contributed by atoms with Crippen LogP contribution in [-0.4, -0.2) is 0 Å². The third kappa shape index (κ3) is 2.57. The SMILES string of the molecule is C=C(Cc1ccccc1)c1ccccc1. The second-order valence-corrected chi connectivity index (χ2v) is 3.63. The summed E-state index contributed by atoms with van der Waals surface area (Å²) in [6, 6.07) is 20.8. The Labute approximate surface area is 90.9 Å². The van der Waals surface area contributed by atoms with E-state index in [1.165, 1.54) is 16.7 Å². The van der Waals surface area contributed by atoms with Gasteiger partial charge in [0.2, 0.25) is 0 Å². The molecule has 0 aliphatic rings. The first-order chi connectivity index (χ1) is 7.36. The average molecular weight is 194 g/mol. The second kappa shape index (κ2) is 4.61. The van der Waals surface area contributed by atoms with Crippen molar-refractivity contribution < 1.29 is 0 Å². The normalized spacial score (nSPS) is 9.87. The van der Waals surface area contributed by atoms with E-state index < -0.39 is 0 Å². The van der Waals surface area contributed by atoms with E-state index in [0.717, 1.165) is 6.42 Å². The molecule has 0 nitrogen and oxygen atoms in total. The van der Waals surface area contributed by atoms with Crippen molar-refractivity contribution in [3.8, 4) is 0 Å². The lowest BCUT2D eigenvalue weighted by Crippen LogP contribution is -1.88. The predicted octanol–water partition coefficient (Wildman–Crippen LogP) is 3.94. The Kier molecular flexibility index (Phi) is 2.99. The maximum Gasteiger partial charge on any atom is -0.00257 e. The van der Waals surface area contributed by atoms with E-state index in [1.807, 2.05) is 24.3 Å². The van der Waals surface area contributed by atoms with E-state index >= 15 is 0 Å². The Balaban J connectivity index is 2.12. The van der Waals surface area contributed by atoms with Crippen molar-refractivity contribution in [2.24, 2.45) is 0 Å². The molecule has 0 radical (unpaired) electrons. The Morgan fingerprint density at radius 1 is 0.800 bits per heavy atom. The standard InChI is InChI=1S/C15H14/c1-13(15-10-6-3-7-11-15)12-14-8-4-2-5-9-14/h2-11H,1,12H2. The Morgan fingerprint density at radius 2 is 1.33 bits per heavy atom. The number of hydrogen-bond donors (Lipinski definition) is 0. The lowest BCUT2D eigenvalue weighted by Gasteiger charge is -2.05. The van der Waals surface area contributed by atoms with Crippen molar-refractivity contribution in [3.05, 3.63) is 78.4 Å². The highest BCUT2D eigenvalue weighted by Crippen LogP contribution is 2.16. The summed E-state index contributed by atoms with van der Waals surface area (Å²) in [5, 5.41) is 0. The van der Waals surface area contributed by atoms with Crippen LogP contribution in [0.5, 0.6) is 0 Å². The molecule has 15 heavy (non-hydrogen) atoms. The first kappa shape index (κ1) is 9.72. The molecule has 0 bridgehead atoms. The van der Waals surface area contributed by atoms with E-state index in [-0.39, 0.29) is 0 Å². The molecule has 0 atom stereocenters. The highest BCUT2D eigenvalue weighted by Gasteiger charge is 1.98. The Morgan fingerprint density at radius 3 is 1.93 bits per heavy atom. The number of hydrogen-bond acceptors (Lipinski definition) is 0. The van der Waals surface area contributed by atoms with Gasteiger partial charge in [0.05, 0.1) is 0 Å². The fourth-order valence-corrected chi connectivity index (χ4v) is 1.62. The van der Waals surface area contributed by atoms with E-state index in [4.69, 9.17) is 0 Å². The monoisotopic (exact) mass is 194 g/mol. The zero-order valence-electron chi connectivity index (χ0n) is 8.69. The maximum atomic E-state index is 4.12. The largest absolute Gasteiger partial charge is 0.0949 e. The highest BCUT2D eigenvalue weighted by atomic mass is 14.0. The molecule has 0 aromatic heterocycles. The average Bonchev–Trinajstić information content (AvgIpc) is 2.31. The third-order valence-electron chi connectivity index (χ3n) is 2.44. The van der Waals surface area contributed by atoms with Crippen molar-refractivity contribution in [2.75, 3.05) is 0 Å². The van der Waals surface area contributed by atoms with Gasteiger partial charge in [-0.05, 0) is 23.1 Å². The van der Waals surface area contributed by atoms with Gasteiger partial charge in [-0.15, -0.1) is 0 Å². The Hall–Kier alpha value is -1.82. The molecule has 0 unspecified atom stereocenters. The zero-order chi connectivity index (χ0) is 10.5. The lowest BCUT2D eigenvalue weighted by atomic mass is 10.00. The lowest BCUT2D eigenvalue weighted by molar-refractivity contribution is 1.29. The third-order valence-corrected chi connectivity index (χ3v) is 2.44. The molecular weight excluding hydrogens is 180 g/mol. The summed E-state index contributed by atoms with van der Waals surface area (Å²) >= 11 is 0. The van der Waals surface area contributed by atoms with Crippen molar-refractivity contribution in [1.82, 2.24) is 0 Å². The van der Waals surface area contributed by atoms with Gasteiger partial charge in [-0.3, -0.25) is 0 Å². The van der Waals surface area contributed by atoms with Crippen molar-refractivity contribution >= 4 is 5.57 Å². The number of allylic oxidation sites excluding steroid dienone is 1. The van der Waals surface area contributed by atoms with Gasteiger partial charge < -0.3 is 0 Å². The minimum Gasteiger partial charge on any atom is -0.0949 e. The summed E-state index contributed by atoms with van der Waals surface area (Å²) in [7, 11) is 0. The number of rotatable bonds is 3. The Bertz CT molecular complexity index is 426. The van der Waals surface area contributed by atoms with Crippen molar-refractivity contribution in [3.63, 3.8) is 0 Å². The molecule has 2 aromatic carbocycles. The van der Waals surface area contributed by atoms with E-state index in [2.05, 4.69) is 43.0 Å².